The number of rotatable bonds is 4. The lowest BCUT2D eigenvalue weighted by Gasteiger charge is -2.25. The van der Waals surface area contributed by atoms with E-state index in [9.17, 15) is 14.0 Å². The zero-order valence-electron chi connectivity index (χ0n) is 16.4. The number of nitrogens with one attached hydrogen (secondary N) is 1. The summed E-state index contributed by atoms with van der Waals surface area (Å²) in [6.45, 7) is 0.237. The summed E-state index contributed by atoms with van der Waals surface area (Å²) in [4.78, 5) is 28.0. The third-order valence-electron chi connectivity index (χ3n) is 5.42. The highest BCUT2D eigenvalue weighted by molar-refractivity contribution is 5.91. The maximum absolute atomic E-state index is 13.3. The van der Waals surface area contributed by atoms with Crippen LogP contribution in [0.4, 0.5) is 4.39 Å². The van der Waals surface area contributed by atoms with Crippen molar-refractivity contribution in [3.63, 3.8) is 0 Å². The summed E-state index contributed by atoms with van der Waals surface area (Å²) in [5, 5.41) is 0.699. The molecule has 1 unspecified atom stereocenters. The van der Waals surface area contributed by atoms with E-state index in [0.29, 0.717) is 28.0 Å². The monoisotopic (exact) mass is 415 g/mol. The van der Waals surface area contributed by atoms with Gasteiger partial charge >= 0.3 is 5.97 Å². The van der Waals surface area contributed by atoms with E-state index in [1.807, 2.05) is 30.3 Å². The molecule has 1 aliphatic rings. The molecule has 154 valence electrons. The summed E-state index contributed by atoms with van der Waals surface area (Å²) >= 11 is 0. The summed E-state index contributed by atoms with van der Waals surface area (Å²) in [7, 11) is 0. The van der Waals surface area contributed by atoms with Crippen LogP contribution in [0.3, 0.4) is 0 Å². The Morgan fingerprint density at radius 2 is 1.81 bits per heavy atom. The van der Waals surface area contributed by atoms with E-state index in [-0.39, 0.29) is 30.4 Å². The molecule has 0 saturated heterocycles. The fourth-order valence-corrected chi connectivity index (χ4v) is 3.95. The predicted molar refractivity (Wildman–Crippen MR) is 114 cm³/mol. The SMILES string of the molecule is O=C1CC(c2ccc(OCc3cccc(F)c3)cc2)c2c(c3ccccc3[nH]c2=O)O1. The Morgan fingerprint density at radius 1 is 1.00 bits per heavy atom. The molecule has 0 saturated carbocycles. The summed E-state index contributed by atoms with van der Waals surface area (Å²) < 4.78 is 24.5. The number of pyridine rings is 1. The molecule has 1 N–H and O–H groups in total. The predicted octanol–water partition coefficient (Wildman–Crippen LogP) is 4.69. The Labute approximate surface area is 177 Å². The first-order valence-corrected chi connectivity index (χ1v) is 9.91. The van der Waals surface area contributed by atoms with Crippen LogP contribution in [0.1, 0.15) is 29.0 Å². The van der Waals surface area contributed by atoms with Crippen molar-refractivity contribution in [1.29, 1.82) is 0 Å². The normalized spacial score (nSPS) is 15.4. The van der Waals surface area contributed by atoms with E-state index in [0.717, 1.165) is 11.1 Å². The highest BCUT2D eigenvalue weighted by Gasteiger charge is 2.32. The van der Waals surface area contributed by atoms with Gasteiger partial charge in [-0.15, -0.1) is 0 Å². The molecule has 0 bridgehead atoms. The number of aromatic nitrogens is 1. The molecule has 0 fully saturated rings. The van der Waals surface area contributed by atoms with Crippen LogP contribution in [0.15, 0.2) is 77.6 Å². The molecule has 0 spiro atoms. The largest absolute Gasteiger partial charge is 0.489 e. The lowest BCUT2D eigenvalue weighted by molar-refractivity contribution is -0.135. The summed E-state index contributed by atoms with van der Waals surface area (Å²) in [6.07, 6.45) is 0.0813. The molecule has 1 atom stereocenters. The third-order valence-corrected chi connectivity index (χ3v) is 5.42. The van der Waals surface area contributed by atoms with Crippen LogP contribution in [0.5, 0.6) is 11.5 Å². The van der Waals surface area contributed by atoms with Crippen LogP contribution in [-0.4, -0.2) is 11.0 Å². The minimum Gasteiger partial charge on any atom is -0.489 e. The van der Waals surface area contributed by atoms with Gasteiger partial charge in [0.25, 0.3) is 5.56 Å². The number of esters is 1. The minimum atomic E-state index is -0.415. The first-order valence-electron chi connectivity index (χ1n) is 9.91. The lowest BCUT2D eigenvalue weighted by Crippen LogP contribution is -2.28. The number of ether oxygens (including phenoxy) is 2. The first kappa shape index (κ1) is 19.1. The number of H-pyrrole nitrogens is 1. The summed E-state index contributed by atoms with van der Waals surface area (Å²) in [5.41, 5.74) is 2.35. The Kier molecular flexibility index (Phi) is 4.75. The molecule has 1 aromatic heterocycles. The second-order valence-corrected chi connectivity index (χ2v) is 7.46. The van der Waals surface area contributed by atoms with Gasteiger partial charge in [-0.2, -0.15) is 0 Å². The standard InChI is InChI=1S/C25H18FNO4/c26-17-5-3-4-15(12-17)14-30-18-10-8-16(9-11-18)20-13-22(28)31-24-19-6-1-2-7-21(19)27-25(29)23(20)24/h1-12,20H,13-14H2,(H,27,29). The lowest BCUT2D eigenvalue weighted by atomic mass is 9.86. The molecule has 0 amide bonds. The van der Waals surface area contributed by atoms with Crippen molar-refractivity contribution in [3.8, 4) is 11.5 Å². The average Bonchev–Trinajstić information content (AvgIpc) is 2.77. The molecular formula is C25H18FNO4. The second kappa shape index (κ2) is 7.72. The molecule has 0 radical (unpaired) electrons. The molecule has 3 aromatic carbocycles. The smallest absolute Gasteiger partial charge is 0.312 e. The second-order valence-electron chi connectivity index (χ2n) is 7.46. The molecule has 4 aromatic rings. The molecular weight excluding hydrogens is 397 g/mol. The highest BCUT2D eigenvalue weighted by Crippen LogP contribution is 2.40. The van der Waals surface area contributed by atoms with Crippen LogP contribution < -0.4 is 15.0 Å². The van der Waals surface area contributed by atoms with E-state index in [4.69, 9.17) is 9.47 Å². The Bertz CT molecular complexity index is 1340. The molecule has 5 rings (SSSR count). The number of carbonyl (C=O) groups is 1. The maximum Gasteiger partial charge on any atom is 0.312 e. The van der Waals surface area contributed by atoms with Crippen LogP contribution in [0, 0.1) is 5.82 Å². The van der Waals surface area contributed by atoms with Gasteiger partial charge in [0.2, 0.25) is 0 Å². The third kappa shape index (κ3) is 3.68. The van der Waals surface area contributed by atoms with E-state index in [2.05, 4.69) is 4.98 Å². The van der Waals surface area contributed by atoms with Gasteiger partial charge in [-0.25, -0.2) is 4.39 Å². The Hall–Kier alpha value is -3.93. The van der Waals surface area contributed by atoms with Gasteiger partial charge in [0, 0.05) is 11.3 Å². The molecule has 6 heteroatoms. The van der Waals surface area contributed by atoms with Crippen molar-refractivity contribution in [2.24, 2.45) is 0 Å². The van der Waals surface area contributed by atoms with E-state index in [1.165, 1.54) is 12.1 Å². The van der Waals surface area contributed by atoms with Crippen molar-refractivity contribution < 1.29 is 18.7 Å². The summed E-state index contributed by atoms with van der Waals surface area (Å²) in [6, 6.07) is 20.7. The number of benzene rings is 3. The quantitative estimate of drug-likeness (QED) is 0.491. The van der Waals surface area contributed by atoms with E-state index >= 15 is 0 Å². The number of carbonyl (C=O) groups excluding carboxylic acids is 1. The van der Waals surface area contributed by atoms with Gasteiger partial charge in [0.1, 0.15) is 23.9 Å². The van der Waals surface area contributed by atoms with E-state index in [1.54, 1.807) is 30.3 Å². The van der Waals surface area contributed by atoms with Gasteiger partial charge in [0.15, 0.2) is 0 Å². The van der Waals surface area contributed by atoms with Crippen molar-refractivity contribution >= 4 is 16.9 Å². The number of fused-ring (bicyclic) bond motifs is 3. The van der Waals surface area contributed by atoms with Gasteiger partial charge in [-0.3, -0.25) is 9.59 Å². The molecule has 31 heavy (non-hydrogen) atoms. The summed E-state index contributed by atoms with van der Waals surface area (Å²) in [5.74, 6) is -0.162. The molecule has 1 aliphatic heterocycles. The fraction of sp³-hybridized carbons (Fsp3) is 0.120. The van der Waals surface area contributed by atoms with Gasteiger partial charge < -0.3 is 14.5 Å². The van der Waals surface area contributed by atoms with Gasteiger partial charge in [-0.05, 0) is 47.5 Å². The number of halogens is 1. The Morgan fingerprint density at radius 3 is 2.61 bits per heavy atom. The Balaban J connectivity index is 1.45. The molecule has 5 nitrogen and oxygen atoms in total. The maximum atomic E-state index is 13.3. The van der Waals surface area contributed by atoms with Crippen LogP contribution in [0.25, 0.3) is 10.9 Å². The van der Waals surface area contributed by atoms with Crippen molar-refractivity contribution in [1.82, 2.24) is 4.98 Å². The average molecular weight is 415 g/mol. The minimum absolute atomic E-state index is 0.0813. The number of aromatic amines is 1. The van der Waals surface area contributed by atoms with Crippen molar-refractivity contribution in [3.05, 3.63) is 106 Å². The van der Waals surface area contributed by atoms with Crippen LogP contribution in [-0.2, 0) is 11.4 Å². The van der Waals surface area contributed by atoms with Crippen LogP contribution >= 0.6 is 0 Å². The van der Waals surface area contributed by atoms with E-state index < -0.39 is 5.92 Å². The topological polar surface area (TPSA) is 68.4 Å². The number of hydrogen-bond donors (Lipinski definition) is 1. The van der Waals surface area contributed by atoms with Gasteiger partial charge in [-0.1, -0.05) is 36.4 Å². The number of para-hydroxylation sites is 1. The van der Waals surface area contributed by atoms with Crippen molar-refractivity contribution in [2.45, 2.75) is 18.9 Å². The van der Waals surface area contributed by atoms with Crippen LogP contribution in [0.2, 0.25) is 0 Å². The fourth-order valence-electron chi connectivity index (χ4n) is 3.95. The zero-order valence-corrected chi connectivity index (χ0v) is 16.4. The first-order chi connectivity index (χ1) is 15.1. The highest BCUT2D eigenvalue weighted by atomic mass is 19.1. The molecule has 2 heterocycles. The molecule has 0 aliphatic carbocycles. The van der Waals surface area contributed by atoms with Crippen molar-refractivity contribution in [2.75, 3.05) is 0 Å². The number of hydrogen-bond acceptors (Lipinski definition) is 4. The zero-order chi connectivity index (χ0) is 21.4. The van der Waals surface area contributed by atoms with Gasteiger partial charge in [0.05, 0.1) is 17.5 Å².